The van der Waals surface area contributed by atoms with Crippen molar-refractivity contribution in [3.63, 3.8) is 0 Å². The van der Waals surface area contributed by atoms with Crippen LogP contribution in [-0.4, -0.2) is 20.4 Å². The summed E-state index contributed by atoms with van der Waals surface area (Å²) < 4.78 is 0. The first kappa shape index (κ1) is 11.4. The van der Waals surface area contributed by atoms with Gasteiger partial charge in [-0.15, -0.1) is 0 Å². The molecule has 72 valence electrons. The van der Waals surface area contributed by atoms with Crippen molar-refractivity contribution < 1.29 is 0 Å². The van der Waals surface area contributed by atoms with Gasteiger partial charge in [0.05, 0.1) is 0 Å². The average Bonchev–Trinajstić information content (AvgIpc) is 2.63. The molecule has 0 aromatic carbocycles. The Balaban J connectivity index is 0.000000206. The van der Waals surface area contributed by atoms with Crippen LogP contribution in [0.25, 0.3) is 0 Å². The van der Waals surface area contributed by atoms with Gasteiger partial charge < -0.3 is 0 Å². The van der Waals surface area contributed by atoms with Crippen LogP contribution in [0.15, 0.2) is 24.5 Å². The number of aromatic amines is 2. The molecule has 0 saturated carbocycles. The number of nitrogens with zero attached hydrogens (tertiary/aromatic N) is 2. The summed E-state index contributed by atoms with van der Waals surface area (Å²) in [6.45, 7) is 3.93. The number of rotatable bonds is 0. The molecule has 2 aromatic rings. The highest BCUT2D eigenvalue weighted by atomic mass is 15.1. The maximum Gasteiger partial charge on any atom is 0.0489 e. The van der Waals surface area contributed by atoms with Crippen molar-refractivity contribution in [2.24, 2.45) is 0 Å². The monoisotopic (exact) mass is 180 g/mol. The minimum Gasteiger partial charge on any atom is -0.283 e. The lowest BCUT2D eigenvalue weighted by Gasteiger charge is -1.68. The van der Waals surface area contributed by atoms with Crippen LogP contribution >= 0.6 is 0 Å². The Bertz CT molecular complexity index is 251. The Morgan fingerprint density at radius 1 is 0.923 bits per heavy atom. The van der Waals surface area contributed by atoms with Crippen molar-refractivity contribution in [1.82, 2.24) is 20.4 Å². The zero-order valence-corrected chi connectivity index (χ0v) is 7.20. The van der Waals surface area contributed by atoms with Gasteiger partial charge >= 0.3 is 0 Å². The van der Waals surface area contributed by atoms with E-state index in [4.69, 9.17) is 0 Å². The van der Waals surface area contributed by atoms with Crippen LogP contribution in [0, 0.1) is 13.8 Å². The fraction of sp³-hybridized carbons (Fsp3) is 0.333. The largest absolute Gasteiger partial charge is 0.283 e. The second-order valence-electron chi connectivity index (χ2n) is 2.48. The van der Waals surface area contributed by atoms with Crippen LogP contribution in [0.2, 0.25) is 0 Å². The third-order valence-corrected chi connectivity index (χ3v) is 1.28. The zero-order valence-electron chi connectivity index (χ0n) is 7.20. The number of hydrogen-bond acceptors (Lipinski definition) is 2. The van der Waals surface area contributed by atoms with E-state index in [0.29, 0.717) is 0 Å². The van der Waals surface area contributed by atoms with Crippen LogP contribution in [-0.2, 0) is 0 Å². The highest BCUT2D eigenvalue weighted by molar-refractivity contribution is 4.92. The predicted octanol–water partition coefficient (Wildman–Crippen LogP) is 2.07. The molecule has 0 atom stereocenters. The molecule has 2 heterocycles. The van der Waals surface area contributed by atoms with Crippen LogP contribution < -0.4 is 0 Å². The van der Waals surface area contributed by atoms with Crippen molar-refractivity contribution in [2.75, 3.05) is 0 Å². The van der Waals surface area contributed by atoms with Crippen molar-refractivity contribution in [3.8, 4) is 0 Å². The van der Waals surface area contributed by atoms with Crippen molar-refractivity contribution in [2.45, 2.75) is 21.3 Å². The van der Waals surface area contributed by atoms with Crippen LogP contribution in [0.5, 0.6) is 0 Å². The SMILES string of the molecule is C.Cc1ccn[nH]1.Cc1ccn[nH]1. The van der Waals surface area contributed by atoms with Gasteiger partial charge in [0, 0.05) is 23.8 Å². The number of nitrogens with one attached hydrogen (secondary N) is 2. The normalized spacial score (nSPS) is 8.15. The molecule has 0 aliphatic rings. The Labute approximate surface area is 78.4 Å². The van der Waals surface area contributed by atoms with Crippen molar-refractivity contribution >= 4 is 0 Å². The summed E-state index contributed by atoms with van der Waals surface area (Å²) >= 11 is 0. The van der Waals surface area contributed by atoms with Gasteiger partial charge in [-0.3, -0.25) is 10.2 Å². The van der Waals surface area contributed by atoms with Gasteiger partial charge in [-0.25, -0.2) is 0 Å². The van der Waals surface area contributed by atoms with E-state index in [0.717, 1.165) is 11.4 Å². The molecule has 0 unspecified atom stereocenters. The van der Waals surface area contributed by atoms with Crippen LogP contribution in [0.4, 0.5) is 0 Å². The maximum atomic E-state index is 3.70. The lowest BCUT2D eigenvalue weighted by atomic mass is 10.5. The van der Waals surface area contributed by atoms with Crippen LogP contribution in [0.1, 0.15) is 18.8 Å². The molecule has 4 heteroatoms. The summed E-state index contributed by atoms with van der Waals surface area (Å²) in [5, 5.41) is 12.9. The molecule has 0 fully saturated rings. The molecule has 0 saturated heterocycles. The first-order chi connectivity index (χ1) is 5.79. The molecular formula is C9H16N4. The fourth-order valence-corrected chi connectivity index (χ4v) is 0.651. The van der Waals surface area contributed by atoms with Gasteiger partial charge in [0.1, 0.15) is 0 Å². The Kier molecular flexibility index (Phi) is 5.27. The molecule has 2 rings (SSSR count). The highest BCUT2D eigenvalue weighted by Gasteiger charge is 1.74. The molecule has 4 nitrogen and oxygen atoms in total. The quantitative estimate of drug-likeness (QED) is 0.652. The zero-order chi connectivity index (χ0) is 8.81. The van der Waals surface area contributed by atoms with Gasteiger partial charge in [-0.05, 0) is 26.0 Å². The lowest BCUT2D eigenvalue weighted by molar-refractivity contribution is 1.05. The van der Waals surface area contributed by atoms with Gasteiger partial charge in [0.2, 0.25) is 0 Å². The second-order valence-corrected chi connectivity index (χ2v) is 2.48. The molecule has 0 aliphatic heterocycles. The number of H-pyrrole nitrogens is 2. The number of aromatic nitrogens is 4. The van der Waals surface area contributed by atoms with Gasteiger partial charge in [0.15, 0.2) is 0 Å². The summed E-state index contributed by atoms with van der Waals surface area (Å²) in [6.07, 6.45) is 3.46. The highest BCUT2D eigenvalue weighted by Crippen LogP contribution is 1.82. The molecular weight excluding hydrogens is 164 g/mol. The topological polar surface area (TPSA) is 57.4 Å². The maximum absolute atomic E-state index is 3.70. The summed E-state index contributed by atoms with van der Waals surface area (Å²) in [4.78, 5) is 0. The molecule has 2 N–H and O–H groups in total. The van der Waals surface area contributed by atoms with E-state index < -0.39 is 0 Å². The molecule has 2 aromatic heterocycles. The van der Waals surface area contributed by atoms with E-state index in [-0.39, 0.29) is 7.43 Å². The summed E-state index contributed by atoms with van der Waals surface area (Å²) in [5.74, 6) is 0. The van der Waals surface area contributed by atoms with E-state index >= 15 is 0 Å². The summed E-state index contributed by atoms with van der Waals surface area (Å²) in [6, 6.07) is 3.83. The van der Waals surface area contributed by atoms with E-state index in [1.807, 2.05) is 26.0 Å². The first-order valence-corrected chi connectivity index (χ1v) is 3.71. The van der Waals surface area contributed by atoms with Crippen molar-refractivity contribution in [3.05, 3.63) is 35.9 Å². The van der Waals surface area contributed by atoms with Gasteiger partial charge in [-0.1, -0.05) is 7.43 Å². The molecule has 0 spiro atoms. The minimum absolute atomic E-state index is 0. The Morgan fingerprint density at radius 2 is 1.31 bits per heavy atom. The molecule has 0 aliphatic carbocycles. The molecule has 0 amide bonds. The van der Waals surface area contributed by atoms with E-state index in [1.54, 1.807) is 12.4 Å². The second kappa shape index (κ2) is 5.99. The van der Waals surface area contributed by atoms with Crippen molar-refractivity contribution in [1.29, 1.82) is 0 Å². The average molecular weight is 180 g/mol. The summed E-state index contributed by atoms with van der Waals surface area (Å²) in [5.41, 5.74) is 2.21. The Morgan fingerprint density at radius 3 is 1.38 bits per heavy atom. The standard InChI is InChI=1S/2C4H6N2.CH4/c2*1-4-2-3-5-6-4;/h2*2-3H,1H3,(H,5,6);1H4. The minimum atomic E-state index is 0. The lowest BCUT2D eigenvalue weighted by Crippen LogP contribution is -1.65. The fourth-order valence-electron chi connectivity index (χ4n) is 0.651. The summed E-state index contributed by atoms with van der Waals surface area (Å²) in [7, 11) is 0. The molecule has 13 heavy (non-hydrogen) atoms. The third kappa shape index (κ3) is 4.79. The predicted molar refractivity (Wildman–Crippen MR) is 53.4 cm³/mol. The number of hydrogen-bond donors (Lipinski definition) is 2. The molecule has 0 radical (unpaired) electrons. The Hall–Kier alpha value is -1.58. The number of aryl methyl sites for hydroxylation is 2. The van der Waals surface area contributed by atoms with Gasteiger partial charge in [-0.2, -0.15) is 10.2 Å². The smallest absolute Gasteiger partial charge is 0.0489 e. The van der Waals surface area contributed by atoms with E-state index in [2.05, 4.69) is 20.4 Å². The first-order valence-electron chi connectivity index (χ1n) is 3.71. The molecule has 0 bridgehead atoms. The third-order valence-electron chi connectivity index (χ3n) is 1.28. The van der Waals surface area contributed by atoms with E-state index in [9.17, 15) is 0 Å². The van der Waals surface area contributed by atoms with Gasteiger partial charge in [0.25, 0.3) is 0 Å². The van der Waals surface area contributed by atoms with E-state index in [1.165, 1.54) is 0 Å². The van der Waals surface area contributed by atoms with Crippen LogP contribution in [0.3, 0.4) is 0 Å².